The molecule has 2 aromatic rings. The lowest BCUT2D eigenvalue weighted by Gasteiger charge is -2.12. The quantitative estimate of drug-likeness (QED) is 0.839. The molecule has 3 amide bonds. The Hall–Kier alpha value is -2.97. The van der Waals surface area contributed by atoms with Crippen molar-refractivity contribution in [2.75, 3.05) is 6.61 Å². The van der Waals surface area contributed by atoms with Gasteiger partial charge >= 0.3 is 6.03 Å². The standard InChI is InChI=1S/C15H18N6O3/c22-14(18-15(23)17-11-3-1-2-4-11)9-24-13-7-5-12(6-8-13)21-10-16-19-20-21/h5-8,10-11H,1-4,9H2,(H2,17,18,22,23). The van der Waals surface area contributed by atoms with Gasteiger partial charge in [0, 0.05) is 6.04 Å². The minimum Gasteiger partial charge on any atom is -0.484 e. The van der Waals surface area contributed by atoms with E-state index in [0.717, 1.165) is 31.4 Å². The average Bonchev–Trinajstić information content (AvgIpc) is 3.27. The number of carbonyl (C=O) groups is 2. The predicted molar refractivity (Wildman–Crippen MR) is 83.6 cm³/mol. The van der Waals surface area contributed by atoms with Gasteiger partial charge in [-0.3, -0.25) is 10.1 Å². The van der Waals surface area contributed by atoms with E-state index in [9.17, 15) is 9.59 Å². The van der Waals surface area contributed by atoms with Crippen LogP contribution in [-0.4, -0.2) is 44.8 Å². The van der Waals surface area contributed by atoms with Crippen LogP contribution >= 0.6 is 0 Å². The number of amides is 3. The zero-order valence-corrected chi connectivity index (χ0v) is 13.0. The van der Waals surface area contributed by atoms with Crippen molar-refractivity contribution < 1.29 is 14.3 Å². The Morgan fingerprint density at radius 1 is 1.21 bits per heavy atom. The van der Waals surface area contributed by atoms with Crippen LogP contribution in [0.15, 0.2) is 30.6 Å². The third-order valence-electron chi connectivity index (χ3n) is 3.76. The molecule has 0 unspecified atom stereocenters. The van der Waals surface area contributed by atoms with Crippen LogP contribution in [0.3, 0.4) is 0 Å². The van der Waals surface area contributed by atoms with Crippen LogP contribution in [0.2, 0.25) is 0 Å². The largest absolute Gasteiger partial charge is 0.484 e. The molecular weight excluding hydrogens is 312 g/mol. The zero-order valence-electron chi connectivity index (χ0n) is 13.0. The summed E-state index contributed by atoms with van der Waals surface area (Å²) in [4.78, 5) is 23.4. The Morgan fingerprint density at radius 3 is 2.62 bits per heavy atom. The first-order valence-electron chi connectivity index (χ1n) is 7.77. The van der Waals surface area contributed by atoms with Crippen LogP contribution in [-0.2, 0) is 4.79 Å². The number of urea groups is 1. The molecule has 0 aliphatic heterocycles. The van der Waals surface area contributed by atoms with E-state index >= 15 is 0 Å². The highest BCUT2D eigenvalue weighted by atomic mass is 16.5. The van der Waals surface area contributed by atoms with Gasteiger partial charge in [-0.05, 0) is 47.5 Å². The number of imide groups is 1. The third-order valence-corrected chi connectivity index (χ3v) is 3.76. The van der Waals surface area contributed by atoms with Crippen LogP contribution < -0.4 is 15.4 Å². The van der Waals surface area contributed by atoms with Crippen molar-refractivity contribution in [3.05, 3.63) is 30.6 Å². The van der Waals surface area contributed by atoms with Crippen LogP contribution in [0.25, 0.3) is 5.69 Å². The summed E-state index contributed by atoms with van der Waals surface area (Å²) in [5.41, 5.74) is 0.771. The average molecular weight is 330 g/mol. The van der Waals surface area contributed by atoms with E-state index in [2.05, 4.69) is 26.2 Å². The van der Waals surface area contributed by atoms with Gasteiger partial charge in [-0.25, -0.2) is 9.48 Å². The molecule has 1 aliphatic carbocycles. The summed E-state index contributed by atoms with van der Waals surface area (Å²) in [6.45, 7) is -0.234. The van der Waals surface area contributed by atoms with Crippen molar-refractivity contribution in [2.24, 2.45) is 0 Å². The van der Waals surface area contributed by atoms with Crippen molar-refractivity contribution >= 4 is 11.9 Å². The van der Waals surface area contributed by atoms with E-state index in [1.54, 1.807) is 24.3 Å². The van der Waals surface area contributed by atoms with E-state index in [4.69, 9.17) is 4.74 Å². The van der Waals surface area contributed by atoms with Gasteiger partial charge in [-0.1, -0.05) is 12.8 Å². The molecule has 1 fully saturated rings. The Labute approximate surface area is 138 Å². The summed E-state index contributed by atoms with van der Waals surface area (Å²) < 4.78 is 6.86. The SMILES string of the molecule is O=C(COc1ccc(-n2cnnn2)cc1)NC(=O)NC1CCCC1. The van der Waals surface area contributed by atoms with E-state index < -0.39 is 11.9 Å². The topological polar surface area (TPSA) is 111 Å². The maximum absolute atomic E-state index is 11.7. The molecule has 2 N–H and O–H groups in total. The number of ether oxygens (including phenoxy) is 1. The van der Waals surface area contributed by atoms with Crippen molar-refractivity contribution in [3.63, 3.8) is 0 Å². The van der Waals surface area contributed by atoms with Crippen molar-refractivity contribution in [3.8, 4) is 11.4 Å². The van der Waals surface area contributed by atoms with Crippen LogP contribution in [0, 0.1) is 0 Å². The molecule has 0 spiro atoms. The van der Waals surface area contributed by atoms with Gasteiger partial charge in [-0.15, -0.1) is 5.10 Å². The molecule has 1 heterocycles. The first-order valence-corrected chi connectivity index (χ1v) is 7.77. The third kappa shape index (κ3) is 4.28. The van der Waals surface area contributed by atoms with E-state index in [-0.39, 0.29) is 12.6 Å². The minimum atomic E-state index is -0.491. The number of rotatable bonds is 5. The van der Waals surface area contributed by atoms with Gasteiger partial charge in [0.15, 0.2) is 6.61 Å². The molecular formula is C15H18N6O3. The van der Waals surface area contributed by atoms with E-state index in [1.807, 2.05) is 0 Å². The maximum Gasteiger partial charge on any atom is 0.321 e. The van der Waals surface area contributed by atoms with Crippen molar-refractivity contribution in [1.29, 1.82) is 0 Å². The van der Waals surface area contributed by atoms with Gasteiger partial charge in [0.2, 0.25) is 0 Å². The second kappa shape index (κ2) is 7.53. The molecule has 0 radical (unpaired) electrons. The van der Waals surface area contributed by atoms with Crippen molar-refractivity contribution in [1.82, 2.24) is 30.8 Å². The molecule has 1 aliphatic rings. The normalized spacial score (nSPS) is 14.3. The Kier molecular flexibility index (Phi) is 4.99. The number of hydrogen-bond acceptors (Lipinski definition) is 6. The van der Waals surface area contributed by atoms with Gasteiger partial charge in [-0.2, -0.15) is 0 Å². The number of nitrogens with one attached hydrogen (secondary N) is 2. The summed E-state index contributed by atoms with van der Waals surface area (Å²) in [6, 6.07) is 6.61. The smallest absolute Gasteiger partial charge is 0.321 e. The predicted octanol–water partition coefficient (Wildman–Crippen LogP) is 0.809. The van der Waals surface area contributed by atoms with Crippen LogP contribution in [0.5, 0.6) is 5.75 Å². The second-order valence-electron chi connectivity index (χ2n) is 5.54. The lowest BCUT2D eigenvalue weighted by molar-refractivity contribution is -0.122. The lowest BCUT2D eigenvalue weighted by Crippen LogP contribution is -2.45. The molecule has 9 nitrogen and oxygen atoms in total. The Balaban J connectivity index is 1.43. The van der Waals surface area contributed by atoms with Gasteiger partial charge in [0.1, 0.15) is 12.1 Å². The lowest BCUT2D eigenvalue weighted by atomic mass is 10.2. The summed E-state index contributed by atoms with van der Waals surface area (Å²) in [7, 11) is 0. The second-order valence-corrected chi connectivity index (χ2v) is 5.54. The first kappa shape index (κ1) is 15.9. The number of tetrazole rings is 1. The molecule has 24 heavy (non-hydrogen) atoms. The van der Waals surface area contributed by atoms with Gasteiger partial charge in [0.05, 0.1) is 5.69 Å². The molecule has 126 valence electrons. The highest BCUT2D eigenvalue weighted by Crippen LogP contribution is 2.17. The van der Waals surface area contributed by atoms with Gasteiger partial charge in [0.25, 0.3) is 5.91 Å². The molecule has 1 aromatic heterocycles. The van der Waals surface area contributed by atoms with Crippen molar-refractivity contribution in [2.45, 2.75) is 31.7 Å². The number of hydrogen-bond donors (Lipinski definition) is 2. The molecule has 1 saturated carbocycles. The van der Waals surface area contributed by atoms with Crippen LogP contribution in [0.1, 0.15) is 25.7 Å². The summed E-state index contributed by atoms with van der Waals surface area (Å²) in [6.07, 6.45) is 5.63. The fourth-order valence-electron chi connectivity index (χ4n) is 2.58. The Bertz CT molecular complexity index is 680. The monoisotopic (exact) mass is 330 g/mol. The fourth-order valence-corrected chi connectivity index (χ4v) is 2.58. The maximum atomic E-state index is 11.7. The molecule has 3 rings (SSSR count). The molecule has 0 atom stereocenters. The highest BCUT2D eigenvalue weighted by Gasteiger charge is 2.18. The first-order chi connectivity index (χ1) is 11.7. The Morgan fingerprint density at radius 2 is 1.96 bits per heavy atom. The summed E-state index contributed by atoms with van der Waals surface area (Å²) in [5.74, 6) is 0.0215. The summed E-state index contributed by atoms with van der Waals surface area (Å²) >= 11 is 0. The van der Waals surface area contributed by atoms with Crippen LogP contribution in [0.4, 0.5) is 4.79 Å². The van der Waals surface area contributed by atoms with E-state index in [1.165, 1.54) is 11.0 Å². The molecule has 0 saturated heterocycles. The number of nitrogens with zero attached hydrogens (tertiary/aromatic N) is 4. The van der Waals surface area contributed by atoms with Gasteiger partial charge < -0.3 is 10.1 Å². The number of carbonyl (C=O) groups excluding carboxylic acids is 2. The molecule has 9 heteroatoms. The minimum absolute atomic E-state index is 0.164. The zero-order chi connectivity index (χ0) is 16.8. The summed E-state index contributed by atoms with van der Waals surface area (Å²) in [5, 5.41) is 15.9. The molecule has 0 bridgehead atoms. The fraction of sp³-hybridized carbons (Fsp3) is 0.400. The molecule has 1 aromatic carbocycles. The number of aromatic nitrogens is 4. The van der Waals surface area contributed by atoms with E-state index in [0.29, 0.717) is 5.75 Å². The highest BCUT2D eigenvalue weighted by molar-refractivity contribution is 5.95. The number of benzene rings is 1.